The molecule has 108 heavy (non-hydrogen) atoms. The molecule has 10 nitrogen and oxygen atoms in total. The monoisotopic (exact) mass is 1410 g/mol. The SMILES string of the molecule is CC1(C)OB(c2cccc3c2c2ccccc2c2cccc(-n4c5ccccc5c5ccccc54)c23)OC1(C)C.Clc1nc(-c2ccccc2)nc(-c2ccccc2)n1.c1ccc(-c2nc(-c3ccccc3)nc(-c3cccc4c3c3ccccc3c3cccc(-n5c6ccccc6c6ccccc65)c34)n2)cc1. The highest BCUT2D eigenvalue weighted by molar-refractivity contribution is 6.66. The van der Waals surface area contributed by atoms with Crippen molar-refractivity contribution < 1.29 is 9.31 Å². The van der Waals surface area contributed by atoms with Gasteiger partial charge in [-0.1, -0.05) is 303 Å². The second-order valence-electron chi connectivity index (χ2n) is 28.3. The van der Waals surface area contributed by atoms with Crippen LogP contribution in [0, 0.1) is 0 Å². The van der Waals surface area contributed by atoms with Gasteiger partial charge in [-0.25, -0.2) is 19.9 Å². The van der Waals surface area contributed by atoms with Crippen molar-refractivity contribution in [3.63, 3.8) is 0 Å². The fourth-order valence-electron chi connectivity index (χ4n) is 15.9. The van der Waals surface area contributed by atoms with Crippen LogP contribution in [0.25, 0.3) is 177 Å². The van der Waals surface area contributed by atoms with Gasteiger partial charge in [-0.2, -0.15) is 9.97 Å². The van der Waals surface area contributed by atoms with E-state index in [-0.39, 0.29) is 5.28 Å². The second-order valence-corrected chi connectivity index (χ2v) is 28.7. The molecule has 0 aliphatic carbocycles. The number of hydrogen-bond acceptors (Lipinski definition) is 8. The Balaban J connectivity index is 0.000000120. The van der Waals surface area contributed by atoms with Crippen molar-refractivity contribution >= 4 is 132 Å². The number of hydrogen-bond donors (Lipinski definition) is 0. The molecule has 514 valence electrons. The van der Waals surface area contributed by atoms with Crippen LogP contribution >= 0.6 is 11.6 Å². The lowest BCUT2D eigenvalue weighted by Gasteiger charge is -2.32. The first kappa shape index (κ1) is 65.7. The minimum absolute atomic E-state index is 0.202. The molecule has 0 N–H and O–H groups in total. The van der Waals surface area contributed by atoms with Gasteiger partial charge in [0, 0.05) is 65.5 Å². The summed E-state index contributed by atoms with van der Waals surface area (Å²) in [6, 6.07) is 119. The van der Waals surface area contributed by atoms with Crippen LogP contribution in [0.3, 0.4) is 0 Å². The summed E-state index contributed by atoms with van der Waals surface area (Å²) in [4.78, 5) is 28.1. The molecule has 0 atom stereocenters. The number of benzene rings is 16. The zero-order valence-electron chi connectivity index (χ0n) is 59.7. The van der Waals surface area contributed by atoms with E-state index in [0.717, 1.165) is 49.7 Å². The van der Waals surface area contributed by atoms with Gasteiger partial charge in [-0.3, -0.25) is 0 Å². The fraction of sp³-hybridized carbons (Fsp3) is 0.0625. The molecule has 16 aromatic carbocycles. The van der Waals surface area contributed by atoms with Gasteiger partial charge in [-0.15, -0.1) is 0 Å². The maximum atomic E-state index is 6.61. The van der Waals surface area contributed by atoms with E-state index in [9.17, 15) is 0 Å². The fourth-order valence-corrected chi connectivity index (χ4v) is 16.1. The van der Waals surface area contributed by atoms with E-state index >= 15 is 0 Å². The molecule has 20 aromatic rings. The van der Waals surface area contributed by atoms with E-state index in [1.54, 1.807) is 0 Å². The van der Waals surface area contributed by atoms with Crippen LogP contribution in [0.2, 0.25) is 5.28 Å². The third kappa shape index (κ3) is 11.3. The van der Waals surface area contributed by atoms with Crippen LogP contribution in [-0.2, 0) is 9.31 Å². The van der Waals surface area contributed by atoms with E-state index in [0.29, 0.717) is 29.1 Å². The lowest BCUT2D eigenvalue weighted by molar-refractivity contribution is 0.00578. The standard InChI is InChI=1S/C45H28N4.C36H30BNO2.C15H10ClN3/c1-3-15-29(16-4-1)43-46-44(30-17-5-2-6-18-30)48-45(47-43)37-25-13-24-36-41(37)34-22-8-7-19-31(34)35-23-14-28-40(42(35)36)49-38-26-11-9-20-32(38)33-21-10-12-27-39(33)49;1-35(2)36(3,4)40-37(39-35)29-19-11-18-28-33(29)26-16-6-5-13-23(26)27-17-12-22-32(34(27)28)38-30-20-9-7-14-24(30)25-15-8-10-21-31(25)38;16-15-18-13(11-7-3-1-4-8-11)17-14(19-15)12-9-5-2-6-10-12/h1-28H;5-22H,1-4H3;1-10H. The zero-order chi connectivity index (χ0) is 72.6. The van der Waals surface area contributed by atoms with Crippen LogP contribution in [-0.4, -0.2) is 57.4 Å². The van der Waals surface area contributed by atoms with Gasteiger partial charge in [0.15, 0.2) is 29.1 Å². The predicted molar refractivity (Wildman–Crippen MR) is 448 cm³/mol. The van der Waals surface area contributed by atoms with Crippen LogP contribution in [0.1, 0.15) is 27.7 Å². The van der Waals surface area contributed by atoms with E-state index in [1.165, 1.54) is 103 Å². The van der Waals surface area contributed by atoms with Gasteiger partial charge in [-0.05, 0) is 130 Å². The number of aromatic nitrogens is 8. The van der Waals surface area contributed by atoms with Gasteiger partial charge in [0.2, 0.25) is 5.28 Å². The van der Waals surface area contributed by atoms with Crippen molar-refractivity contribution in [2.24, 2.45) is 0 Å². The summed E-state index contributed by atoms with van der Waals surface area (Å²) in [5.74, 6) is 3.12. The van der Waals surface area contributed by atoms with Gasteiger partial charge in [0.1, 0.15) is 0 Å². The number of nitrogens with zero attached hydrogens (tertiary/aromatic N) is 8. The van der Waals surface area contributed by atoms with Crippen LogP contribution in [0.4, 0.5) is 0 Å². The maximum Gasteiger partial charge on any atom is 0.495 e. The van der Waals surface area contributed by atoms with Gasteiger partial charge in [0.05, 0.1) is 44.6 Å². The minimum atomic E-state index is -0.449. The Morgan fingerprint density at radius 3 is 0.926 bits per heavy atom. The van der Waals surface area contributed by atoms with Crippen LogP contribution in [0.5, 0.6) is 0 Å². The molecule has 0 unspecified atom stereocenters. The van der Waals surface area contributed by atoms with Crippen molar-refractivity contribution in [3.8, 4) is 68.3 Å². The summed E-state index contributed by atoms with van der Waals surface area (Å²) < 4.78 is 18.1. The Kier molecular flexibility index (Phi) is 16.3. The predicted octanol–water partition coefficient (Wildman–Crippen LogP) is 23.8. The average Bonchev–Trinajstić information content (AvgIpc) is 1.25. The molecule has 21 rings (SSSR count). The van der Waals surface area contributed by atoms with Gasteiger partial charge < -0.3 is 18.4 Å². The summed E-state index contributed by atoms with van der Waals surface area (Å²) in [6.45, 7) is 8.47. The van der Waals surface area contributed by atoms with Gasteiger partial charge >= 0.3 is 7.12 Å². The van der Waals surface area contributed by atoms with Crippen LogP contribution in [0.15, 0.2) is 340 Å². The molecule has 1 saturated heterocycles. The van der Waals surface area contributed by atoms with Crippen molar-refractivity contribution in [3.05, 3.63) is 345 Å². The average molecular weight is 1410 g/mol. The lowest BCUT2D eigenvalue weighted by atomic mass is 9.74. The molecule has 0 radical (unpaired) electrons. The molecular weight excluding hydrogens is 1340 g/mol. The van der Waals surface area contributed by atoms with Gasteiger partial charge in [0.25, 0.3) is 0 Å². The number of para-hydroxylation sites is 4. The normalized spacial score (nSPS) is 13.3. The second kappa shape index (κ2) is 26.8. The Hall–Kier alpha value is -13.0. The highest BCUT2D eigenvalue weighted by Gasteiger charge is 2.52. The Morgan fingerprint density at radius 1 is 0.250 bits per heavy atom. The summed E-state index contributed by atoms with van der Waals surface area (Å²) >= 11 is 5.99. The summed E-state index contributed by atoms with van der Waals surface area (Å²) in [5.41, 5.74) is 12.1. The Bertz CT molecular complexity index is 6670. The third-order valence-corrected chi connectivity index (χ3v) is 21.7. The van der Waals surface area contributed by atoms with E-state index in [1.807, 2.05) is 97.1 Å². The third-order valence-electron chi connectivity index (χ3n) is 21.5. The molecule has 5 heterocycles. The molecule has 12 heteroatoms. The summed E-state index contributed by atoms with van der Waals surface area (Å²) in [7, 11) is -0.449. The molecule has 0 bridgehead atoms. The zero-order valence-corrected chi connectivity index (χ0v) is 60.4. The van der Waals surface area contributed by atoms with E-state index < -0.39 is 18.3 Å². The molecule has 0 spiro atoms. The van der Waals surface area contributed by atoms with Crippen molar-refractivity contribution in [1.29, 1.82) is 0 Å². The Morgan fingerprint density at radius 2 is 0.528 bits per heavy atom. The van der Waals surface area contributed by atoms with Crippen molar-refractivity contribution in [2.75, 3.05) is 0 Å². The number of fused-ring (bicyclic) bond motifs is 18. The highest BCUT2D eigenvalue weighted by atomic mass is 35.5. The smallest absolute Gasteiger partial charge is 0.399 e. The van der Waals surface area contributed by atoms with Crippen LogP contribution < -0.4 is 5.46 Å². The first-order chi connectivity index (χ1) is 53.0. The first-order valence-corrected chi connectivity index (χ1v) is 36.8. The first-order valence-electron chi connectivity index (χ1n) is 36.5. The largest absolute Gasteiger partial charge is 0.495 e. The molecule has 0 amide bonds. The quantitative estimate of drug-likeness (QED) is 0.109. The Labute approximate surface area is 629 Å². The molecule has 1 aliphatic heterocycles. The number of halogens is 1. The summed E-state index contributed by atoms with van der Waals surface area (Å²) in [5, 5.41) is 19.6. The summed E-state index contributed by atoms with van der Waals surface area (Å²) in [6.07, 6.45) is 0. The molecule has 0 saturated carbocycles. The molecule has 1 fully saturated rings. The topological polar surface area (TPSA) is 106 Å². The van der Waals surface area contributed by atoms with Crippen molar-refractivity contribution in [1.82, 2.24) is 39.0 Å². The highest BCUT2D eigenvalue weighted by Crippen LogP contribution is 2.46. The molecule has 4 aromatic heterocycles. The lowest BCUT2D eigenvalue weighted by Crippen LogP contribution is -2.41. The van der Waals surface area contributed by atoms with Crippen molar-refractivity contribution in [2.45, 2.75) is 38.9 Å². The number of rotatable bonds is 8. The molecular formula is C96H68BClN8O2. The maximum absolute atomic E-state index is 6.61. The van der Waals surface area contributed by atoms with E-state index in [2.05, 4.69) is 294 Å². The molecule has 1 aliphatic rings. The minimum Gasteiger partial charge on any atom is -0.399 e. The van der Waals surface area contributed by atoms with E-state index in [4.69, 9.17) is 35.9 Å².